The summed E-state index contributed by atoms with van der Waals surface area (Å²) in [6.45, 7) is 7.37. The molecule has 1 N–H and O–H groups in total. The first kappa shape index (κ1) is 13.9. The molecule has 1 rings (SSSR count). The highest BCUT2D eigenvalue weighted by molar-refractivity contribution is 5.48. The Kier molecular flexibility index (Phi) is 6.53. The van der Waals surface area contributed by atoms with Gasteiger partial charge in [-0.05, 0) is 31.9 Å². The zero-order chi connectivity index (χ0) is 12.5. The van der Waals surface area contributed by atoms with E-state index in [0.29, 0.717) is 6.04 Å². The van der Waals surface area contributed by atoms with Crippen molar-refractivity contribution in [1.82, 2.24) is 0 Å². The van der Waals surface area contributed by atoms with E-state index in [1.54, 1.807) is 0 Å². The fourth-order valence-electron chi connectivity index (χ4n) is 1.76. The molecular weight excluding hydrogens is 210 g/mol. The molecule has 0 radical (unpaired) electrons. The smallest absolute Gasteiger partial charge is 0.121 e. The zero-order valence-corrected chi connectivity index (χ0v) is 11.3. The summed E-state index contributed by atoms with van der Waals surface area (Å²) in [5.41, 5.74) is 1.15. The average molecular weight is 235 g/mol. The first-order valence-electron chi connectivity index (χ1n) is 6.75. The minimum Gasteiger partial charge on any atom is -0.494 e. The molecule has 17 heavy (non-hydrogen) atoms. The zero-order valence-electron chi connectivity index (χ0n) is 11.3. The van der Waals surface area contributed by atoms with Gasteiger partial charge in [0.15, 0.2) is 0 Å². The van der Waals surface area contributed by atoms with Crippen molar-refractivity contribution in [3.05, 3.63) is 24.3 Å². The first-order valence-corrected chi connectivity index (χ1v) is 6.75. The lowest BCUT2D eigenvalue weighted by Gasteiger charge is -2.15. The second-order valence-corrected chi connectivity index (χ2v) is 4.56. The summed E-state index contributed by atoms with van der Waals surface area (Å²) in [7, 11) is 0. The van der Waals surface area contributed by atoms with Gasteiger partial charge in [0.25, 0.3) is 0 Å². The van der Waals surface area contributed by atoms with Gasteiger partial charge in [-0.2, -0.15) is 0 Å². The molecule has 2 heteroatoms. The molecule has 2 nitrogen and oxygen atoms in total. The van der Waals surface area contributed by atoms with Crippen LogP contribution in [0.15, 0.2) is 24.3 Å². The van der Waals surface area contributed by atoms with Crippen molar-refractivity contribution in [2.75, 3.05) is 11.9 Å². The van der Waals surface area contributed by atoms with Gasteiger partial charge < -0.3 is 10.1 Å². The van der Waals surface area contributed by atoms with Crippen LogP contribution in [0.3, 0.4) is 0 Å². The number of nitrogens with one attached hydrogen (secondary N) is 1. The maximum Gasteiger partial charge on any atom is 0.121 e. The monoisotopic (exact) mass is 235 g/mol. The highest BCUT2D eigenvalue weighted by atomic mass is 16.5. The Morgan fingerprint density at radius 1 is 1.24 bits per heavy atom. The number of hydrogen-bond donors (Lipinski definition) is 1. The van der Waals surface area contributed by atoms with Gasteiger partial charge in [-0.15, -0.1) is 0 Å². The normalized spacial score (nSPS) is 12.2. The van der Waals surface area contributed by atoms with E-state index in [1.165, 1.54) is 19.3 Å². The number of ether oxygens (including phenoxy) is 1. The van der Waals surface area contributed by atoms with Crippen LogP contribution in [0.5, 0.6) is 5.75 Å². The third-order valence-corrected chi connectivity index (χ3v) is 2.71. The SMILES string of the molecule is CCCCC(C)Nc1cccc(OCCC)c1. The topological polar surface area (TPSA) is 21.3 Å². The van der Waals surface area contributed by atoms with E-state index >= 15 is 0 Å². The van der Waals surface area contributed by atoms with Crippen LogP contribution in [0.2, 0.25) is 0 Å². The summed E-state index contributed by atoms with van der Waals surface area (Å²) in [5.74, 6) is 0.958. The molecule has 0 fully saturated rings. The largest absolute Gasteiger partial charge is 0.494 e. The molecular formula is C15H25NO. The molecule has 0 aliphatic carbocycles. The molecule has 0 saturated heterocycles. The third kappa shape index (κ3) is 5.62. The van der Waals surface area contributed by atoms with Crippen LogP contribution in [0, 0.1) is 0 Å². The fourth-order valence-corrected chi connectivity index (χ4v) is 1.76. The van der Waals surface area contributed by atoms with Crippen molar-refractivity contribution >= 4 is 5.69 Å². The van der Waals surface area contributed by atoms with E-state index in [0.717, 1.165) is 24.5 Å². The molecule has 0 amide bonds. The fraction of sp³-hybridized carbons (Fsp3) is 0.600. The van der Waals surface area contributed by atoms with E-state index in [1.807, 2.05) is 12.1 Å². The van der Waals surface area contributed by atoms with Crippen LogP contribution in [-0.4, -0.2) is 12.6 Å². The Morgan fingerprint density at radius 2 is 2.06 bits per heavy atom. The molecule has 1 aromatic carbocycles. The van der Waals surface area contributed by atoms with Gasteiger partial charge in [0.05, 0.1) is 6.61 Å². The predicted molar refractivity (Wildman–Crippen MR) is 74.8 cm³/mol. The van der Waals surface area contributed by atoms with Gasteiger partial charge in [0, 0.05) is 17.8 Å². The van der Waals surface area contributed by atoms with E-state index in [2.05, 4.69) is 38.2 Å². The molecule has 0 aliphatic heterocycles. The number of unbranched alkanes of at least 4 members (excludes halogenated alkanes) is 1. The van der Waals surface area contributed by atoms with Crippen LogP contribution in [0.4, 0.5) is 5.69 Å². The summed E-state index contributed by atoms with van der Waals surface area (Å²) in [5, 5.41) is 3.51. The lowest BCUT2D eigenvalue weighted by atomic mass is 10.1. The molecule has 96 valence electrons. The summed E-state index contributed by atoms with van der Waals surface area (Å²) >= 11 is 0. The minimum absolute atomic E-state index is 0.524. The molecule has 0 saturated carbocycles. The molecule has 1 atom stereocenters. The third-order valence-electron chi connectivity index (χ3n) is 2.71. The van der Waals surface area contributed by atoms with Crippen LogP contribution in [0.25, 0.3) is 0 Å². The highest BCUT2D eigenvalue weighted by Crippen LogP contribution is 2.19. The number of hydrogen-bond acceptors (Lipinski definition) is 2. The van der Waals surface area contributed by atoms with Gasteiger partial charge in [0.2, 0.25) is 0 Å². The molecule has 0 spiro atoms. The van der Waals surface area contributed by atoms with Crippen LogP contribution >= 0.6 is 0 Å². The van der Waals surface area contributed by atoms with Crippen molar-refractivity contribution in [3.63, 3.8) is 0 Å². The van der Waals surface area contributed by atoms with Crippen molar-refractivity contribution < 1.29 is 4.74 Å². The molecule has 1 unspecified atom stereocenters. The summed E-state index contributed by atoms with van der Waals surface area (Å²) in [6.07, 6.45) is 4.80. The van der Waals surface area contributed by atoms with Gasteiger partial charge >= 0.3 is 0 Å². The second-order valence-electron chi connectivity index (χ2n) is 4.56. The van der Waals surface area contributed by atoms with Gasteiger partial charge in [-0.1, -0.05) is 32.8 Å². The average Bonchev–Trinajstić information content (AvgIpc) is 2.34. The Bertz CT molecular complexity index is 312. The summed E-state index contributed by atoms with van der Waals surface area (Å²) in [4.78, 5) is 0. The number of benzene rings is 1. The first-order chi connectivity index (χ1) is 8.26. The maximum absolute atomic E-state index is 5.62. The van der Waals surface area contributed by atoms with Gasteiger partial charge in [-0.3, -0.25) is 0 Å². The number of anilines is 1. The second kappa shape index (κ2) is 7.99. The van der Waals surface area contributed by atoms with Crippen molar-refractivity contribution in [1.29, 1.82) is 0 Å². The van der Waals surface area contributed by atoms with Crippen LogP contribution in [-0.2, 0) is 0 Å². The van der Waals surface area contributed by atoms with Gasteiger partial charge in [0.1, 0.15) is 5.75 Å². The predicted octanol–water partition coefficient (Wildman–Crippen LogP) is 4.47. The highest BCUT2D eigenvalue weighted by Gasteiger charge is 2.02. The molecule has 0 heterocycles. The molecule has 0 bridgehead atoms. The standard InChI is InChI=1S/C15H25NO/c1-4-6-8-13(3)16-14-9-7-10-15(12-14)17-11-5-2/h7,9-10,12-13,16H,4-6,8,11H2,1-3H3. The van der Waals surface area contributed by atoms with Crippen LogP contribution < -0.4 is 10.1 Å². The van der Waals surface area contributed by atoms with Crippen molar-refractivity contribution in [3.8, 4) is 5.75 Å². The molecule has 1 aromatic rings. The lowest BCUT2D eigenvalue weighted by Crippen LogP contribution is -2.14. The van der Waals surface area contributed by atoms with E-state index < -0.39 is 0 Å². The van der Waals surface area contributed by atoms with Gasteiger partial charge in [-0.25, -0.2) is 0 Å². The molecule has 0 aromatic heterocycles. The maximum atomic E-state index is 5.62. The lowest BCUT2D eigenvalue weighted by molar-refractivity contribution is 0.317. The summed E-state index contributed by atoms with van der Waals surface area (Å²) < 4.78 is 5.62. The summed E-state index contributed by atoms with van der Waals surface area (Å²) in [6, 6.07) is 8.76. The Morgan fingerprint density at radius 3 is 2.76 bits per heavy atom. The number of rotatable bonds is 8. The van der Waals surface area contributed by atoms with E-state index in [4.69, 9.17) is 4.74 Å². The molecule has 0 aliphatic rings. The minimum atomic E-state index is 0.524. The quantitative estimate of drug-likeness (QED) is 0.718. The Balaban J connectivity index is 2.47. The van der Waals surface area contributed by atoms with Crippen molar-refractivity contribution in [2.45, 2.75) is 52.5 Å². The van der Waals surface area contributed by atoms with Crippen LogP contribution in [0.1, 0.15) is 46.5 Å². The van der Waals surface area contributed by atoms with E-state index in [-0.39, 0.29) is 0 Å². The van der Waals surface area contributed by atoms with E-state index in [9.17, 15) is 0 Å². The Labute approximate surface area is 105 Å². The van der Waals surface area contributed by atoms with Crippen molar-refractivity contribution in [2.24, 2.45) is 0 Å². The Hall–Kier alpha value is -1.18.